The Balaban J connectivity index is 1.53. The highest BCUT2D eigenvalue weighted by molar-refractivity contribution is 7.99. The van der Waals surface area contributed by atoms with E-state index < -0.39 is 0 Å². The largest absolute Gasteiger partial charge is 0.334 e. The predicted molar refractivity (Wildman–Crippen MR) is 106 cm³/mol. The number of nitrogen functional groups attached to an aromatic ring is 1. The molecule has 0 aliphatic carbocycles. The molecule has 0 aliphatic rings. The third kappa shape index (κ3) is 5.05. The SMILES string of the molecule is Cc1ccccc1NC(=O)CSc1nnc(N/N=C/c2cccnc2)n1N. The second kappa shape index (κ2) is 8.81. The zero-order valence-electron chi connectivity index (χ0n) is 14.5. The van der Waals surface area contributed by atoms with Crippen LogP contribution in [0.1, 0.15) is 11.1 Å². The summed E-state index contributed by atoms with van der Waals surface area (Å²) in [5.74, 6) is 6.20. The number of thioether (sulfide) groups is 1. The summed E-state index contributed by atoms with van der Waals surface area (Å²) in [5.41, 5.74) is 5.32. The first-order valence-corrected chi connectivity index (χ1v) is 9.00. The molecular formula is C17H18N8OS. The summed E-state index contributed by atoms with van der Waals surface area (Å²) in [6, 6.07) is 11.2. The number of benzene rings is 1. The first-order chi connectivity index (χ1) is 13.1. The third-order valence-corrected chi connectivity index (χ3v) is 4.42. The maximum Gasteiger partial charge on any atom is 0.264 e. The zero-order chi connectivity index (χ0) is 19.1. The molecule has 9 nitrogen and oxygen atoms in total. The smallest absolute Gasteiger partial charge is 0.264 e. The Hall–Kier alpha value is -3.40. The molecule has 27 heavy (non-hydrogen) atoms. The van der Waals surface area contributed by atoms with Crippen molar-refractivity contribution >= 4 is 35.5 Å². The minimum Gasteiger partial charge on any atom is -0.334 e. The minimum atomic E-state index is -0.151. The lowest BCUT2D eigenvalue weighted by atomic mass is 10.2. The normalized spacial score (nSPS) is 10.9. The minimum absolute atomic E-state index is 0.151. The highest BCUT2D eigenvalue weighted by Gasteiger charge is 2.12. The number of carbonyl (C=O) groups excluding carboxylic acids is 1. The highest BCUT2D eigenvalue weighted by Crippen LogP contribution is 2.18. The average Bonchev–Trinajstić information content (AvgIpc) is 3.03. The molecular weight excluding hydrogens is 364 g/mol. The molecule has 0 radical (unpaired) electrons. The van der Waals surface area contributed by atoms with Crippen molar-refractivity contribution in [2.75, 3.05) is 22.3 Å². The molecule has 138 valence electrons. The Kier molecular flexibility index (Phi) is 6.00. The van der Waals surface area contributed by atoms with Crippen molar-refractivity contribution in [3.63, 3.8) is 0 Å². The van der Waals surface area contributed by atoms with E-state index in [9.17, 15) is 4.79 Å². The van der Waals surface area contributed by atoms with Gasteiger partial charge in [-0.2, -0.15) is 5.10 Å². The van der Waals surface area contributed by atoms with E-state index in [4.69, 9.17) is 5.84 Å². The summed E-state index contributed by atoms with van der Waals surface area (Å²) in [7, 11) is 0. The third-order valence-electron chi connectivity index (χ3n) is 3.48. The molecule has 0 saturated carbocycles. The summed E-state index contributed by atoms with van der Waals surface area (Å²) < 4.78 is 1.24. The van der Waals surface area contributed by atoms with Gasteiger partial charge in [0.25, 0.3) is 5.95 Å². The second-order valence-electron chi connectivity index (χ2n) is 5.48. The quantitative estimate of drug-likeness (QED) is 0.247. The van der Waals surface area contributed by atoms with Gasteiger partial charge in [-0.3, -0.25) is 9.78 Å². The molecule has 2 heterocycles. The number of aromatic nitrogens is 4. The van der Waals surface area contributed by atoms with Gasteiger partial charge in [-0.15, -0.1) is 10.2 Å². The number of amides is 1. The fourth-order valence-corrected chi connectivity index (χ4v) is 2.75. The number of nitrogens with one attached hydrogen (secondary N) is 2. The van der Waals surface area contributed by atoms with E-state index in [1.807, 2.05) is 43.3 Å². The van der Waals surface area contributed by atoms with Crippen LogP contribution in [0.15, 0.2) is 59.0 Å². The van der Waals surface area contributed by atoms with Gasteiger partial charge in [0.05, 0.1) is 12.0 Å². The number of nitrogens with two attached hydrogens (primary N) is 1. The van der Waals surface area contributed by atoms with Crippen LogP contribution < -0.4 is 16.6 Å². The lowest BCUT2D eigenvalue weighted by Gasteiger charge is -2.07. The number of hydrogen-bond acceptors (Lipinski definition) is 8. The fourth-order valence-electron chi connectivity index (χ4n) is 2.10. The van der Waals surface area contributed by atoms with Crippen LogP contribution in [0, 0.1) is 6.92 Å². The van der Waals surface area contributed by atoms with Crippen LogP contribution in [0.5, 0.6) is 0 Å². The molecule has 1 aromatic carbocycles. The van der Waals surface area contributed by atoms with Crippen LogP contribution in [0.4, 0.5) is 11.6 Å². The number of hydrogen-bond donors (Lipinski definition) is 3. The van der Waals surface area contributed by atoms with E-state index in [0.29, 0.717) is 5.16 Å². The number of aryl methyl sites for hydroxylation is 1. The number of pyridine rings is 1. The van der Waals surface area contributed by atoms with E-state index >= 15 is 0 Å². The topological polar surface area (TPSA) is 123 Å². The van der Waals surface area contributed by atoms with Gasteiger partial charge in [-0.25, -0.2) is 10.1 Å². The Morgan fingerprint density at radius 3 is 2.93 bits per heavy atom. The first kappa shape index (κ1) is 18.4. The first-order valence-electron chi connectivity index (χ1n) is 8.01. The maximum absolute atomic E-state index is 12.1. The molecule has 0 unspecified atom stereocenters. The van der Waals surface area contributed by atoms with Crippen LogP contribution >= 0.6 is 11.8 Å². The van der Waals surface area contributed by atoms with E-state index in [1.54, 1.807) is 18.6 Å². The molecule has 0 fully saturated rings. The monoisotopic (exact) mass is 382 g/mol. The number of hydrazone groups is 1. The van der Waals surface area contributed by atoms with Crippen LogP contribution in [0.2, 0.25) is 0 Å². The van der Waals surface area contributed by atoms with Crippen LogP contribution in [0.3, 0.4) is 0 Å². The Bertz CT molecular complexity index is 941. The van der Waals surface area contributed by atoms with Gasteiger partial charge in [0, 0.05) is 23.6 Å². The molecule has 0 bridgehead atoms. The summed E-state index contributed by atoms with van der Waals surface area (Å²) >= 11 is 1.18. The summed E-state index contributed by atoms with van der Waals surface area (Å²) in [6.07, 6.45) is 4.94. The molecule has 1 amide bonds. The molecule has 0 atom stereocenters. The van der Waals surface area contributed by atoms with E-state index in [2.05, 4.69) is 31.0 Å². The zero-order valence-corrected chi connectivity index (χ0v) is 15.3. The summed E-state index contributed by atoms with van der Waals surface area (Å²) in [6.45, 7) is 1.93. The predicted octanol–water partition coefficient (Wildman–Crippen LogP) is 1.87. The molecule has 10 heteroatoms. The van der Waals surface area contributed by atoms with E-state index in [1.165, 1.54) is 16.4 Å². The molecule has 3 aromatic rings. The van der Waals surface area contributed by atoms with Gasteiger partial charge < -0.3 is 11.2 Å². The number of nitrogens with zero attached hydrogens (tertiary/aromatic N) is 5. The fraction of sp³-hybridized carbons (Fsp3) is 0.118. The highest BCUT2D eigenvalue weighted by atomic mass is 32.2. The van der Waals surface area contributed by atoms with Crippen molar-refractivity contribution in [1.29, 1.82) is 0 Å². The van der Waals surface area contributed by atoms with Crippen molar-refractivity contribution in [3.8, 4) is 0 Å². The van der Waals surface area contributed by atoms with Gasteiger partial charge in [0.15, 0.2) is 0 Å². The van der Waals surface area contributed by atoms with Crippen LogP contribution in [-0.2, 0) is 4.79 Å². The van der Waals surface area contributed by atoms with Crippen molar-refractivity contribution < 1.29 is 4.79 Å². The Labute approximate surface area is 160 Å². The van der Waals surface area contributed by atoms with Crippen LogP contribution in [-0.4, -0.2) is 37.7 Å². The average molecular weight is 382 g/mol. The summed E-state index contributed by atoms with van der Waals surface area (Å²) in [5, 5.41) is 15.2. The summed E-state index contributed by atoms with van der Waals surface area (Å²) in [4.78, 5) is 16.1. The Morgan fingerprint density at radius 1 is 1.30 bits per heavy atom. The molecule has 0 spiro atoms. The van der Waals surface area contributed by atoms with E-state index in [-0.39, 0.29) is 17.6 Å². The van der Waals surface area contributed by atoms with Crippen LogP contribution in [0.25, 0.3) is 0 Å². The molecule has 0 aliphatic heterocycles. The molecule has 3 rings (SSSR count). The molecule has 0 saturated heterocycles. The standard InChI is InChI=1S/C17H18N8OS/c1-12-5-2-3-7-14(12)21-15(26)11-27-17-24-23-16(25(17)18)22-20-10-13-6-4-8-19-9-13/h2-10H,11,18H2,1H3,(H,21,26)(H,22,23)/b20-10+. The number of anilines is 2. The van der Waals surface area contributed by atoms with Gasteiger partial charge in [0.2, 0.25) is 11.1 Å². The second-order valence-corrected chi connectivity index (χ2v) is 6.43. The number of para-hydroxylation sites is 1. The lowest BCUT2D eigenvalue weighted by molar-refractivity contribution is -0.113. The van der Waals surface area contributed by atoms with Crippen molar-refractivity contribution in [2.45, 2.75) is 12.1 Å². The van der Waals surface area contributed by atoms with Gasteiger partial charge >= 0.3 is 0 Å². The Morgan fingerprint density at radius 2 is 2.15 bits per heavy atom. The van der Waals surface area contributed by atoms with Crippen molar-refractivity contribution in [1.82, 2.24) is 19.9 Å². The van der Waals surface area contributed by atoms with Gasteiger partial charge in [-0.1, -0.05) is 36.0 Å². The number of carbonyl (C=O) groups is 1. The van der Waals surface area contributed by atoms with E-state index in [0.717, 1.165) is 16.8 Å². The number of rotatable bonds is 7. The van der Waals surface area contributed by atoms with Crippen molar-refractivity contribution in [2.24, 2.45) is 5.10 Å². The molecule has 4 N–H and O–H groups in total. The maximum atomic E-state index is 12.1. The lowest BCUT2D eigenvalue weighted by Crippen LogP contribution is -2.17. The molecule has 2 aromatic heterocycles. The van der Waals surface area contributed by atoms with Gasteiger partial charge in [-0.05, 0) is 24.6 Å². The van der Waals surface area contributed by atoms with Gasteiger partial charge in [0.1, 0.15) is 0 Å². The van der Waals surface area contributed by atoms with Crippen molar-refractivity contribution in [3.05, 3.63) is 59.9 Å².